The Bertz CT molecular complexity index is 557. The molecule has 0 aliphatic rings. The van der Waals surface area contributed by atoms with E-state index in [0.29, 0.717) is 13.2 Å². The van der Waals surface area contributed by atoms with E-state index in [4.69, 9.17) is 10.5 Å². The predicted molar refractivity (Wildman–Crippen MR) is 82.4 cm³/mol. The maximum atomic E-state index is 5.81. The highest BCUT2D eigenvalue weighted by atomic mass is 16.5. The average Bonchev–Trinajstić information content (AvgIpc) is 2.52. The average molecular weight is 271 g/mol. The molecule has 0 saturated heterocycles. The topological polar surface area (TPSA) is 51.4 Å². The fourth-order valence-electron chi connectivity index (χ4n) is 2.08. The van der Waals surface area contributed by atoms with Gasteiger partial charge < -0.3 is 15.4 Å². The van der Waals surface area contributed by atoms with Crippen LogP contribution in [0.15, 0.2) is 42.6 Å². The van der Waals surface area contributed by atoms with Crippen molar-refractivity contribution in [3.05, 3.63) is 48.2 Å². The van der Waals surface area contributed by atoms with Crippen molar-refractivity contribution in [1.29, 1.82) is 0 Å². The minimum absolute atomic E-state index is 0.499. The lowest BCUT2D eigenvalue weighted by Gasteiger charge is -2.23. The predicted octanol–water partition coefficient (Wildman–Crippen LogP) is 3.10. The lowest BCUT2D eigenvalue weighted by molar-refractivity contribution is 0.317. The molecule has 20 heavy (non-hydrogen) atoms. The van der Waals surface area contributed by atoms with E-state index in [9.17, 15) is 0 Å². The minimum Gasteiger partial charge on any atom is -0.490 e. The van der Waals surface area contributed by atoms with Crippen molar-refractivity contribution in [2.45, 2.75) is 19.9 Å². The summed E-state index contributed by atoms with van der Waals surface area (Å²) in [5.41, 5.74) is 7.94. The first-order valence-corrected chi connectivity index (χ1v) is 6.87. The summed E-state index contributed by atoms with van der Waals surface area (Å²) in [6, 6.07) is 11.9. The van der Waals surface area contributed by atoms with Crippen molar-refractivity contribution in [3.63, 3.8) is 0 Å². The quantitative estimate of drug-likeness (QED) is 0.877. The molecule has 0 spiro atoms. The monoisotopic (exact) mass is 271 g/mol. The summed E-state index contributed by atoms with van der Waals surface area (Å²) in [4.78, 5) is 6.46. The fraction of sp³-hybridized carbons (Fsp3) is 0.312. The zero-order chi connectivity index (χ0) is 14.4. The van der Waals surface area contributed by atoms with E-state index < -0.39 is 0 Å². The molecule has 2 rings (SSSR count). The van der Waals surface area contributed by atoms with Crippen molar-refractivity contribution in [3.8, 4) is 5.75 Å². The van der Waals surface area contributed by atoms with Crippen molar-refractivity contribution < 1.29 is 4.74 Å². The van der Waals surface area contributed by atoms with E-state index >= 15 is 0 Å². The molecule has 0 unspecified atom stereocenters. The van der Waals surface area contributed by atoms with Crippen LogP contribution in [-0.2, 0) is 6.54 Å². The lowest BCUT2D eigenvalue weighted by atomic mass is 10.1. The molecule has 1 aromatic heterocycles. The van der Waals surface area contributed by atoms with Crippen molar-refractivity contribution in [2.24, 2.45) is 5.73 Å². The van der Waals surface area contributed by atoms with Crippen molar-refractivity contribution >= 4 is 11.5 Å². The smallest absolute Gasteiger partial charge is 0.175 e. The Morgan fingerprint density at radius 2 is 2.00 bits per heavy atom. The molecule has 0 radical (unpaired) electrons. The number of nitrogens with two attached hydrogens (primary N) is 1. The van der Waals surface area contributed by atoms with E-state index in [1.165, 1.54) is 0 Å². The third-order valence-corrected chi connectivity index (χ3v) is 3.10. The van der Waals surface area contributed by atoms with Crippen LogP contribution in [0.2, 0.25) is 0 Å². The first kappa shape index (κ1) is 14.3. The summed E-state index contributed by atoms with van der Waals surface area (Å²) < 4.78 is 5.77. The van der Waals surface area contributed by atoms with E-state index in [1.807, 2.05) is 48.3 Å². The Morgan fingerprint density at radius 3 is 2.75 bits per heavy atom. The molecule has 0 saturated carbocycles. The molecule has 0 aliphatic heterocycles. The van der Waals surface area contributed by atoms with Crippen LogP contribution in [0.4, 0.5) is 11.5 Å². The van der Waals surface area contributed by atoms with E-state index in [0.717, 1.165) is 29.2 Å². The Labute approximate surface area is 120 Å². The second kappa shape index (κ2) is 6.91. The zero-order valence-corrected chi connectivity index (χ0v) is 12.0. The van der Waals surface area contributed by atoms with Gasteiger partial charge in [0, 0.05) is 25.5 Å². The highest BCUT2D eigenvalue weighted by Gasteiger charge is 2.13. The number of para-hydroxylation sites is 1. The van der Waals surface area contributed by atoms with Crippen LogP contribution in [0.25, 0.3) is 0 Å². The molecule has 4 heteroatoms. The van der Waals surface area contributed by atoms with Crippen LogP contribution < -0.4 is 15.4 Å². The zero-order valence-electron chi connectivity index (χ0n) is 12.0. The highest BCUT2D eigenvalue weighted by molar-refractivity contribution is 5.67. The van der Waals surface area contributed by atoms with Crippen LogP contribution in [0.3, 0.4) is 0 Å². The second-order valence-corrected chi connectivity index (χ2v) is 4.57. The Balaban J connectivity index is 2.35. The number of pyridine rings is 1. The standard InChI is InChI=1S/C16H21N3O/c1-3-11-20-15-9-6-10-18-16(15)19(2)14-8-5-4-7-13(14)12-17/h4-10H,3,11-12,17H2,1-2H3. The van der Waals surface area contributed by atoms with Gasteiger partial charge in [-0.1, -0.05) is 25.1 Å². The molecule has 4 nitrogen and oxygen atoms in total. The van der Waals surface area contributed by atoms with E-state index in [2.05, 4.69) is 11.9 Å². The Kier molecular flexibility index (Phi) is 4.96. The van der Waals surface area contributed by atoms with Gasteiger partial charge in [0.15, 0.2) is 11.6 Å². The molecule has 0 atom stereocenters. The van der Waals surface area contributed by atoms with Gasteiger partial charge in [-0.05, 0) is 30.2 Å². The number of ether oxygens (including phenoxy) is 1. The van der Waals surface area contributed by atoms with Crippen LogP contribution in [0, 0.1) is 0 Å². The highest BCUT2D eigenvalue weighted by Crippen LogP contribution is 2.32. The Hall–Kier alpha value is -2.07. The van der Waals surface area contributed by atoms with Crippen LogP contribution in [0.1, 0.15) is 18.9 Å². The van der Waals surface area contributed by atoms with Crippen LogP contribution in [0.5, 0.6) is 5.75 Å². The minimum atomic E-state index is 0.499. The van der Waals surface area contributed by atoms with Crippen molar-refractivity contribution in [1.82, 2.24) is 4.98 Å². The number of hydrogen-bond acceptors (Lipinski definition) is 4. The van der Waals surface area contributed by atoms with Gasteiger partial charge in [-0.15, -0.1) is 0 Å². The number of hydrogen-bond donors (Lipinski definition) is 1. The van der Waals surface area contributed by atoms with Gasteiger partial charge in [0.25, 0.3) is 0 Å². The van der Waals surface area contributed by atoms with Gasteiger partial charge in [0.05, 0.1) is 6.61 Å². The van der Waals surface area contributed by atoms with Crippen molar-refractivity contribution in [2.75, 3.05) is 18.6 Å². The number of rotatable bonds is 6. The van der Waals surface area contributed by atoms with Gasteiger partial charge in [0.1, 0.15) is 0 Å². The van der Waals surface area contributed by atoms with E-state index in [1.54, 1.807) is 6.20 Å². The molecular formula is C16H21N3O. The second-order valence-electron chi connectivity index (χ2n) is 4.57. The van der Waals surface area contributed by atoms with Gasteiger partial charge >= 0.3 is 0 Å². The van der Waals surface area contributed by atoms with Crippen LogP contribution in [-0.4, -0.2) is 18.6 Å². The third kappa shape index (κ3) is 3.08. The first-order chi connectivity index (χ1) is 9.77. The van der Waals surface area contributed by atoms with Gasteiger partial charge in [-0.25, -0.2) is 4.98 Å². The number of nitrogens with zero attached hydrogens (tertiary/aromatic N) is 2. The third-order valence-electron chi connectivity index (χ3n) is 3.10. The molecule has 106 valence electrons. The first-order valence-electron chi connectivity index (χ1n) is 6.87. The molecule has 0 bridgehead atoms. The van der Waals surface area contributed by atoms with Gasteiger partial charge in [-0.3, -0.25) is 0 Å². The summed E-state index contributed by atoms with van der Waals surface area (Å²) in [7, 11) is 1.98. The maximum Gasteiger partial charge on any atom is 0.175 e. The number of aromatic nitrogens is 1. The van der Waals surface area contributed by atoms with Crippen LogP contribution >= 0.6 is 0 Å². The molecule has 0 aliphatic carbocycles. The lowest BCUT2D eigenvalue weighted by Crippen LogP contribution is -2.16. The van der Waals surface area contributed by atoms with Gasteiger partial charge in [0.2, 0.25) is 0 Å². The number of benzene rings is 1. The van der Waals surface area contributed by atoms with Gasteiger partial charge in [-0.2, -0.15) is 0 Å². The number of anilines is 2. The fourth-order valence-corrected chi connectivity index (χ4v) is 2.08. The summed E-state index contributed by atoms with van der Waals surface area (Å²) in [5.74, 6) is 1.60. The molecule has 1 heterocycles. The Morgan fingerprint density at radius 1 is 1.20 bits per heavy atom. The largest absolute Gasteiger partial charge is 0.490 e. The van der Waals surface area contributed by atoms with E-state index in [-0.39, 0.29) is 0 Å². The molecule has 2 N–H and O–H groups in total. The molecule has 1 aromatic carbocycles. The SMILES string of the molecule is CCCOc1cccnc1N(C)c1ccccc1CN. The summed E-state index contributed by atoms with van der Waals surface area (Å²) in [6.07, 6.45) is 2.74. The molecular weight excluding hydrogens is 250 g/mol. The maximum absolute atomic E-state index is 5.81. The molecule has 0 fully saturated rings. The summed E-state index contributed by atoms with van der Waals surface area (Å²) >= 11 is 0. The normalized spacial score (nSPS) is 10.3. The summed E-state index contributed by atoms with van der Waals surface area (Å²) in [6.45, 7) is 3.27. The summed E-state index contributed by atoms with van der Waals surface area (Å²) in [5, 5.41) is 0. The molecule has 2 aromatic rings. The molecule has 0 amide bonds.